The van der Waals surface area contributed by atoms with E-state index in [1.165, 1.54) is 6.33 Å². The predicted molar refractivity (Wildman–Crippen MR) is 71.0 cm³/mol. The number of imidazole rings is 1. The maximum Gasteiger partial charge on any atom is 0.326 e. The van der Waals surface area contributed by atoms with Crippen molar-refractivity contribution in [2.75, 3.05) is 6.61 Å². The molecule has 1 amide bonds. The molecule has 7 nitrogen and oxygen atoms in total. The number of aromatic nitrogens is 2. The number of amides is 1. The number of benzene rings is 1. The number of carbonyl (C=O) groups excluding carboxylic acids is 1. The van der Waals surface area contributed by atoms with Crippen molar-refractivity contribution < 1.29 is 19.8 Å². The van der Waals surface area contributed by atoms with E-state index in [2.05, 4.69) is 10.3 Å². The number of aliphatic carboxylic acids is 1. The van der Waals surface area contributed by atoms with Crippen molar-refractivity contribution in [2.24, 2.45) is 0 Å². The zero-order valence-corrected chi connectivity index (χ0v) is 10.7. The first-order valence-electron chi connectivity index (χ1n) is 6.14. The number of nitrogens with zero attached hydrogens (tertiary/aromatic N) is 2. The van der Waals surface area contributed by atoms with Crippen molar-refractivity contribution in [3.05, 3.63) is 30.6 Å². The summed E-state index contributed by atoms with van der Waals surface area (Å²) in [4.78, 5) is 26.9. The van der Waals surface area contributed by atoms with Gasteiger partial charge in [0.2, 0.25) is 5.91 Å². The van der Waals surface area contributed by atoms with Crippen LogP contribution in [0.15, 0.2) is 30.6 Å². The highest BCUT2D eigenvalue weighted by molar-refractivity contribution is 5.84. The number of aliphatic hydroxyl groups is 1. The summed E-state index contributed by atoms with van der Waals surface area (Å²) >= 11 is 0. The van der Waals surface area contributed by atoms with E-state index in [1.807, 2.05) is 24.3 Å². The third-order valence-corrected chi connectivity index (χ3v) is 2.89. The van der Waals surface area contributed by atoms with Gasteiger partial charge in [-0.15, -0.1) is 0 Å². The number of rotatable bonds is 6. The Bertz CT molecular complexity index is 623. The fourth-order valence-corrected chi connectivity index (χ4v) is 1.92. The molecule has 0 saturated heterocycles. The van der Waals surface area contributed by atoms with Gasteiger partial charge in [0, 0.05) is 13.0 Å². The smallest absolute Gasteiger partial charge is 0.326 e. The van der Waals surface area contributed by atoms with E-state index in [0.29, 0.717) is 0 Å². The van der Waals surface area contributed by atoms with Crippen molar-refractivity contribution in [1.29, 1.82) is 0 Å². The topological polar surface area (TPSA) is 104 Å². The van der Waals surface area contributed by atoms with Gasteiger partial charge in [0.25, 0.3) is 0 Å². The molecule has 0 aliphatic heterocycles. The number of hydrogen-bond acceptors (Lipinski definition) is 4. The van der Waals surface area contributed by atoms with Crippen LogP contribution < -0.4 is 5.32 Å². The van der Waals surface area contributed by atoms with Gasteiger partial charge in [0.15, 0.2) is 0 Å². The van der Waals surface area contributed by atoms with Crippen molar-refractivity contribution in [1.82, 2.24) is 14.9 Å². The minimum Gasteiger partial charge on any atom is -0.480 e. The maximum atomic E-state index is 11.8. The Balaban J connectivity index is 2.06. The molecule has 0 fully saturated rings. The third-order valence-electron chi connectivity index (χ3n) is 2.89. The molecule has 2 aromatic rings. The summed E-state index contributed by atoms with van der Waals surface area (Å²) in [5.74, 6) is -1.60. The van der Waals surface area contributed by atoms with Gasteiger partial charge in [-0.1, -0.05) is 12.1 Å². The average Bonchev–Trinajstić information content (AvgIpc) is 2.81. The lowest BCUT2D eigenvalue weighted by Crippen LogP contribution is -2.42. The normalized spacial score (nSPS) is 12.2. The Morgan fingerprint density at radius 1 is 1.35 bits per heavy atom. The summed E-state index contributed by atoms with van der Waals surface area (Å²) in [5, 5.41) is 20.0. The molecule has 0 spiro atoms. The van der Waals surface area contributed by atoms with Crippen LogP contribution in [0, 0.1) is 0 Å². The second-order valence-electron chi connectivity index (χ2n) is 4.33. The Kier molecular flexibility index (Phi) is 4.31. The first kappa shape index (κ1) is 14.0. The number of carbonyl (C=O) groups is 2. The second-order valence-corrected chi connectivity index (χ2v) is 4.33. The van der Waals surface area contributed by atoms with Gasteiger partial charge in [-0.3, -0.25) is 4.79 Å². The van der Waals surface area contributed by atoms with Gasteiger partial charge >= 0.3 is 5.97 Å². The van der Waals surface area contributed by atoms with E-state index < -0.39 is 17.9 Å². The summed E-state index contributed by atoms with van der Waals surface area (Å²) in [6, 6.07) is 6.27. The highest BCUT2D eigenvalue weighted by Crippen LogP contribution is 2.11. The lowest BCUT2D eigenvalue weighted by atomic mass is 10.2. The van der Waals surface area contributed by atoms with Gasteiger partial charge in [-0.05, 0) is 12.1 Å². The van der Waals surface area contributed by atoms with E-state index in [1.54, 1.807) is 4.57 Å². The summed E-state index contributed by atoms with van der Waals surface area (Å²) < 4.78 is 1.64. The van der Waals surface area contributed by atoms with Crippen LogP contribution in [0.1, 0.15) is 6.42 Å². The zero-order valence-electron chi connectivity index (χ0n) is 10.7. The first-order valence-corrected chi connectivity index (χ1v) is 6.14. The standard InChI is InChI=1S/C13H15N3O4/c17-6-5-10(13(19)20)15-12(18)7-16-8-14-9-3-1-2-4-11(9)16/h1-4,8,10,17H,5-7H2,(H,15,18)(H,19,20)/t10-/m1/s1. The van der Waals surface area contributed by atoms with E-state index in [-0.39, 0.29) is 19.6 Å². The number of aliphatic hydroxyl groups excluding tert-OH is 1. The number of fused-ring (bicyclic) bond motifs is 1. The highest BCUT2D eigenvalue weighted by Gasteiger charge is 2.19. The third kappa shape index (κ3) is 3.12. The van der Waals surface area contributed by atoms with E-state index in [0.717, 1.165) is 11.0 Å². The van der Waals surface area contributed by atoms with Crippen molar-refractivity contribution in [3.8, 4) is 0 Å². The van der Waals surface area contributed by atoms with Crippen LogP contribution in [0.2, 0.25) is 0 Å². The van der Waals surface area contributed by atoms with Gasteiger partial charge in [0.05, 0.1) is 17.4 Å². The summed E-state index contributed by atoms with van der Waals surface area (Å²) in [6.07, 6.45) is 1.51. The molecule has 0 aliphatic carbocycles. The molecule has 0 bridgehead atoms. The molecule has 1 aromatic heterocycles. The van der Waals surface area contributed by atoms with Crippen molar-refractivity contribution in [3.63, 3.8) is 0 Å². The number of carboxylic acid groups (broad SMARTS) is 1. The lowest BCUT2D eigenvalue weighted by Gasteiger charge is -2.13. The second kappa shape index (κ2) is 6.16. The lowest BCUT2D eigenvalue weighted by molar-refractivity contribution is -0.142. The molecule has 0 saturated carbocycles. The molecule has 0 radical (unpaired) electrons. The number of carboxylic acids is 1. The van der Waals surface area contributed by atoms with Crippen LogP contribution in [0.5, 0.6) is 0 Å². The molecule has 0 aliphatic rings. The quantitative estimate of drug-likeness (QED) is 0.688. The molecule has 1 atom stereocenters. The molecule has 7 heteroatoms. The minimum absolute atomic E-state index is 0.0181. The van der Waals surface area contributed by atoms with Gasteiger partial charge < -0.3 is 20.1 Å². The van der Waals surface area contributed by atoms with Crippen LogP contribution in [-0.2, 0) is 16.1 Å². The first-order chi connectivity index (χ1) is 9.61. The van der Waals surface area contributed by atoms with E-state index >= 15 is 0 Å². The molecular weight excluding hydrogens is 262 g/mol. The van der Waals surface area contributed by atoms with Crippen LogP contribution in [0.25, 0.3) is 11.0 Å². The summed E-state index contributed by atoms with van der Waals surface area (Å²) in [5.41, 5.74) is 1.57. The molecule has 3 N–H and O–H groups in total. The largest absolute Gasteiger partial charge is 0.480 e. The van der Waals surface area contributed by atoms with Crippen molar-refractivity contribution in [2.45, 2.75) is 19.0 Å². The zero-order chi connectivity index (χ0) is 14.5. The fourth-order valence-electron chi connectivity index (χ4n) is 1.92. The summed E-state index contributed by atoms with van der Waals surface area (Å²) in [6.45, 7) is -0.318. The molecule has 1 aromatic carbocycles. The molecule has 106 valence electrons. The predicted octanol–water partition coefficient (Wildman–Crippen LogP) is -0.0119. The van der Waals surface area contributed by atoms with Crippen LogP contribution in [0.3, 0.4) is 0 Å². The Labute approximate surface area is 114 Å². The molecule has 20 heavy (non-hydrogen) atoms. The summed E-state index contributed by atoms with van der Waals surface area (Å²) in [7, 11) is 0. The SMILES string of the molecule is O=C(Cn1cnc2ccccc21)N[C@H](CCO)C(=O)O. The number of nitrogens with one attached hydrogen (secondary N) is 1. The van der Waals surface area contributed by atoms with Crippen LogP contribution in [-0.4, -0.2) is 44.3 Å². The Morgan fingerprint density at radius 3 is 2.80 bits per heavy atom. The van der Waals surface area contributed by atoms with Crippen LogP contribution >= 0.6 is 0 Å². The number of hydrogen-bond donors (Lipinski definition) is 3. The minimum atomic E-state index is -1.16. The highest BCUT2D eigenvalue weighted by atomic mass is 16.4. The molecular formula is C13H15N3O4. The molecule has 1 heterocycles. The van der Waals surface area contributed by atoms with Gasteiger partial charge in [-0.2, -0.15) is 0 Å². The van der Waals surface area contributed by atoms with Crippen molar-refractivity contribution >= 4 is 22.9 Å². The average molecular weight is 277 g/mol. The Hall–Kier alpha value is -2.41. The van der Waals surface area contributed by atoms with E-state index in [9.17, 15) is 9.59 Å². The maximum absolute atomic E-state index is 11.8. The van der Waals surface area contributed by atoms with Gasteiger partial charge in [-0.25, -0.2) is 9.78 Å². The number of para-hydroxylation sites is 2. The monoisotopic (exact) mass is 277 g/mol. The van der Waals surface area contributed by atoms with E-state index in [4.69, 9.17) is 10.2 Å². The van der Waals surface area contributed by atoms with Crippen LogP contribution in [0.4, 0.5) is 0 Å². The van der Waals surface area contributed by atoms with Gasteiger partial charge in [0.1, 0.15) is 12.6 Å². The fraction of sp³-hybridized carbons (Fsp3) is 0.308. The molecule has 0 unspecified atom stereocenters. The Morgan fingerprint density at radius 2 is 2.10 bits per heavy atom. The molecule has 2 rings (SSSR count).